The van der Waals surface area contributed by atoms with E-state index in [0.717, 1.165) is 30.3 Å². The Morgan fingerprint density at radius 2 is 2.04 bits per heavy atom. The van der Waals surface area contributed by atoms with Gasteiger partial charge in [-0.25, -0.2) is 14.8 Å². The fraction of sp³-hybridized carbons (Fsp3) is 0.250. The van der Waals surface area contributed by atoms with Crippen molar-refractivity contribution >= 4 is 16.7 Å². The quantitative estimate of drug-likeness (QED) is 0.674. The summed E-state index contributed by atoms with van der Waals surface area (Å²) in [6, 6.07) is 11.9. The number of hydrogen-bond acceptors (Lipinski definition) is 6. The Kier molecular flexibility index (Phi) is 5.10. The summed E-state index contributed by atoms with van der Waals surface area (Å²) >= 11 is 1.37. The summed E-state index contributed by atoms with van der Waals surface area (Å²) in [5.41, 5.74) is 0.987. The molecule has 118 valence electrons. The molecule has 0 saturated heterocycles. The Morgan fingerprint density at radius 1 is 1.17 bits per heavy atom. The minimum atomic E-state index is -0.214. The van der Waals surface area contributed by atoms with Crippen LogP contribution in [0.15, 0.2) is 53.6 Å². The van der Waals surface area contributed by atoms with Gasteiger partial charge < -0.3 is 5.32 Å². The van der Waals surface area contributed by atoms with E-state index in [1.807, 2.05) is 18.2 Å². The Bertz CT molecular complexity index is 799. The van der Waals surface area contributed by atoms with Gasteiger partial charge in [0, 0.05) is 43.4 Å². The van der Waals surface area contributed by atoms with Gasteiger partial charge in [0.1, 0.15) is 5.82 Å². The molecular formula is C16H17N5OS. The summed E-state index contributed by atoms with van der Waals surface area (Å²) in [5, 5.41) is 4.06. The number of aromatic nitrogens is 4. The second kappa shape index (κ2) is 7.64. The van der Waals surface area contributed by atoms with Crippen LogP contribution in [0.5, 0.6) is 0 Å². The standard InChI is InChI=1S/C16H17N5OS/c22-16-18-9-5-11-21(16)10-4-8-17-15-19-14(20-23-15)12-13-6-2-1-3-7-13/h1-3,5-7,9,11H,4,8,10,12H2,(H,17,19,20). The van der Waals surface area contributed by atoms with E-state index < -0.39 is 0 Å². The van der Waals surface area contributed by atoms with Crippen LogP contribution < -0.4 is 11.0 Å². The first-order valence-corrected chi connectivity index (χ1v) is 8.20. The van der Waals surface area contributed by atoms with Gasteiger partial charge in [-0.1, -0.05) is 30.3 Å². The van der Waals surface area contributed by atoms with Gasteiger partial charge in [0.05, 0.1) is 0 Å². The first-order chi connectivity index (χ1) is 11.3. The second-order valence-electron chi connectivity index (χ2n) is 5.05. The van der Waals surface area contributed by atoms with Crippen LogP contribution in [0.2, 0.25) is 0 Å². The molecule has 1 aromatic carbocycles. The fourth-order valence-corrected chi connectivity index (χ4v) is 2.79. The SMILES string of the molecule is O=c1ncccn1CCCNc1nc(Cc2ccccc2)ns1. The molecule has 2 aromatic heterocycles. The molecule has 6 nitrogen and oxygen atoms in total. The zero-order valence-corrected chi connectivity index (χ0v) is 13.4. The molecular weight excluding hydrogens is 310 g/mol. The van der Waals surface area contributed by atoms with Crippen molar-refractivity contribution in [3.8, 4) is 0 Å². The van der Waals surface area contributed by atoms with Crippen molar-refractivity contribution in [3.63, 3.8) is 0 Å². The lowest BCUT2D eigenvalue weighted by molar-refractivity contribution is 0.622. The smallest absolute Gasteiger partial charge is 0.347 e. The lowest BCUT2D eigenvalue weighted by atomic mass is 10.1. The van der Waals surface area contributed by atoms with Crippen LogP contribution in [-0.4, -0.2) is 25.5 Å². The molecule has 0 bridgehead atoms. The monoisotopic (exact) mass is 327 g/mol. The minimum absolute atomic E-state index is 0.214. The van der Waals surface area contributed by atoms with Gasteiger partial charge in [-0.3, -0.25) is 4.57 Å². The fourth-order valence-electron chi connectivity index (χ4n) is 2.18. The highest BCUT2D eigenvalue weighted by Crippen LogP contribution is 2.14. The average Bonchev–Trinajstić information content (AvgIpc) is 3.01. The third-order valence-electron chi connectivity index (χ3n) is 3.31. The molecule has 0 saturated carbocycles. The summed E-state index contributed by atoms with van der Waals surface area (Å²) < 4.78 is 5.97. The molecule has 3 rings (SSSR count). The Morgan fingerprint density at radius 3 is 2.87 bits per heavy atom. The molecule has 3 aromatic rings. The molecule has 0 fully saturated rings. The highest BCUT2D eigenvalue weighted by atomic mass is 32.1. The summed E-state index contributed by atoms with van der Waals surface area (Å²) in [6.07, 6.45) is 4.81. The zero-order valence-electron chi connectivity index (χ0n) is 12.6. The molecule has 0 aliphatic carbocycles. The van der Waals surface area contributed by atoms with Crippen molar-refractivity contribution in [1.29, 1.82) is 0 Å². The summed E-state index contributed by atoms with van der Waals surface area (Å²) in [5.74, 6) is 0.826. The Balaban J connectivity index is 1.46. The third-order valence-corrected chi connectivity index (χ3v) is 4.02. The largest absolute Gasteiger partial charge is 0.360 e. The molecule has 0 aliphatic rings. The number of hydrogen-bond donors (Lipinski definition) is 1. The number of aryl methyl sites for hydroxylation is 1. The topological polar surface area (TPSA) is 72.7 Å². The van der Waals surface area contributed by atoms with E-state index in [-0.39, 0.29) is 5.69 Å². The molecule has 7 heteroatoms. The van der Waals surface area contributed by atoms with Crippen molar-refractivity contribution in [1.82, 2.24) is 18.9 Å². The predicted molar refractivity (Wildman–Crippen MR) is 90.8 cm³/mol. The summed E-state index contributed by atoms with van der Waals surface area (Å²) in [4.78, 5) is 19.7. The van der Waals surface area contributed by atoms with Crippen LogP contribution >= 0.6 is 11.5 Å². The highest BCUT2D eigenvalue weighted by Gasteiger charge is 2.04. The second-order valence-corrected chi connectivity index (χ2v) is 5.81. The van der Waals surface area contributed by atoms with Crippen molar-refractivity contribution in [2.24, 2.45) is 0 Å². The first-order valence-electron chi connectivity index (χ1n) is 7.43. The van der Waals surface area contributed by atoms with Gasteiger partial charge in [0.25, 0.3) is 0 Å². The molecule has 0 atom stereocenters. The number of rotatable bonds is 7. The van der Waals surface area contributed by atoms with E-state index in [1.54, 1.807) is 16.8 Å². The third kappa shape index (κ3) is 4.46. The van der Waals surface area contributed by atoms with Gasteiger partial charge in [-0.05, 0) is 18.1 Å². The van der Waals surface area contributed by atoms with Crippen molar-refractivity contribution < 1.29 is 0 Å². The summed E-state index contributed by atoms with van der Waals surface area (Å²) in [7, 11) is 0. The van der Waals surface area contributed by atoms with E-state index in [2.05, 4.69) is 31.8 Å². The van der Waals surface area contributed by atoms with Gasteiger partial charge in [-0.15, -0.1) is 0 Å². The Labute approximate surface area is 138 Å². The van der Waals surface area contributed by atoms with Gasteiger partial charge in [-0.2, -0.15) is 4.37 Å². The van der Waals surface area contributed by atoms with Gasteiger partial charge in [0.15, 0.2) is 0 Å². The molecule has 0 unspecified atom stereocenters. The predicted octanol–water partition coefficient (Wildman–Crippen LogP) is 2.19. The van der Waals surface area contributed by atoms with E-state index in [1.165, 1.54) is 23.3 Å². The molecule has 0 amide bonds. The highest BCUT2D eigenvalue weighted by molar-refractivity contribution is 7.09. The molecule has 23 heavy (non-hydrogen) atoms. The maximum Gasteiger partial charge on any atom is 0.347 e. The maximum absolute atomic E-state index is 11.5. The summed E-state index contributed by atoms with van der Waals surface area (Å²) in [6.45, 7) is 1.37. The first kappa shape index (κ1) is 15.4. The van der Waals surface area contributed by atoms with Crippen LogP contribution in [0, 0.1) is 0 Å². The molecule has 0 radical (unpaired) electrons. The molecule has 0 aliphatic heterocycles. The average molecular weight is 327 g/mol. The normalized spacial score (nSPS) is 10.6. The molecule has 1 N–H and O–H groups in total. The Hall–Kier alpha value is -2.54. The van der Waals surface area contributed by atoms with Crippen LogP contribution in [0.3, 0.4) is 0 Å². The lowest BCUT2D eigenvalue weighted by Gasteiger charge is -2.04. The van der Waals surface area contributed by atoms with Crippen LogP contribution in [0.1, 0.15) is 17.8 Å². The van der Waals surface area contributed by atoms with Gasteiger partial charge in [0.2, 0.25) is 5.13 Å². The number of anilines is 1. The van der Waals surface area contributed by atoms with Crippen LogP contribution in [0.25, 0.3) is 0 Å². The molecule has 0 spiro atoms. The van der Waals surface area contributed by atoms with Crippen LogP contribution in [0.4, 0.5) is 5.13 Å². The maximum atomic E-state index is 11.5. The number of nitrogens with one attached hydrogen (secondary N) is 1. The van der Waals surface area contributed by atoms with E-state index >= 15 is 0 Å². The van der Waals surface area contributed by atoms with E-state index in [4.69, 9.17) is 0 Å². The van der Waals surface area contributed by atoms with Crippen molar-refractivity contribution in [2.45, 2.75) is 19.4 Å². The van der Waals surface area contributed by atoms with Crippen molar-refractivity contribution in [2.75, 3.05) is 11.9 Å². The van der Waals surface area contributed by atoms with E-state index in [9.17, 15) is 4.79 Å². The van der Waals surface area contributed by atoms with E-state index in [0.29, 0.717) is 6.54 Å². The zero-order chi connectivity index (χ0) is 15.9. The minimum Gasteiger partial charge on any atom is -0.360 e. The van der Waals surface area contributed by atoms with Gasteiger partial charge >= 0.3 is 5.69 Å². The van der Waals surface area contributed by atoms with Crippen LogP contribution in [-0.2, 0) is 13.0 Å². The number of nitrogens with zero attached hydrogens (tertiary/aromatic N) is 4. The lowest BCUT2D eigenvalue weighted by Crippen LogP contribution is -2.22. The molecule has 2 heterocycles. The van der Waals surface area contributed by atoms with Crippen molar-refractivity contribution in [3.05, 3.63) is 70.7 Å². The number of benzene rings is 1.